The Hall–Kier alpha value is -2.09. The lowest BCUT2D eigenvalue weighted by Crippen LogP contribution is -2.10. The first-order chi connectivity index (χ1) is 10.3. The molecule has 2 heteroatoms. The van der Waals surface area contributed by atoms with Gasteiger partial charge in [-0.2, -0.15) is 0 Å². The molecule has 1 aliphatic rings. The fraction of sp³-hybridized carbons (Fsp3) is 0.316. The summed E-state index contributed by atoms with van der Waals surface area (Å²) >= 11 is 0. The molecule has 0 saturated heterocycles. The van der Waals surface area contributed by atoms with E-state index in [4.69, 9.17) is 4.42 Å². The van der Waals surface area contributed by atoms with Crippen molar-refractivity contribution in [3.63, 3.8) is 0 Å². The highest BCUT2D eigenvalue weighted by molar-refractivity contribution is 5.91. The fourth-order valence-corrected chi connectivity index (χ4v) is 3.63. The predicted molar refractivity (Wildman–Crippen MR) is 85.8 cm³/mol. The van der Waals surface area contributed by atoms with Gasteiger partial charge in [-0.25, -0.2) is 0 Å². The zero-order chi connectivity index (χ0) is 14.2. The highest BCUT2D eigenvalue weighted by Crippen LogP contribution is 2.35. The average Bonchev–Trinajstić information content (AvgIpc) is 2.55. The van der Waals surface area contributed by atoms with Gasteiger partial charge in [0.25, 0.3) is 0 Å². The first kappa shape index (κ1) is 12.6. The van der Waals surface area contributed by atoms with Crippen molar-refractivity contribution in [1.29, 1.82) is 0 Å². The van der Waals surface area contributed by atoms with Gasteiger partial charge in [-0.15, -0.1) is 0 Å². The van der Waals surface area contributed by atoms with Gasteiger partial charge >= 0.3 is 0 Å². The van der Waals surface area contributed by atoms with Crippen LogP contribution in [0.4, 0.5) is 0 Å². The van der Waals surface area contributed by atoms with Gasteiger partial charge in [-0.1, -0.05) is 43.5 Å². The lowest BCUT2D eigenvalue weighted by atomic mass is 9.82. The molecule has 2 nitrogen and oxygen atoms in total. The monoisotopic (exact) mass is 278 g/mol. The Balaban J connectivity index is 2.03. The molecule has 1 heterocycles. The topological polar surface area (TPSA) is 30.2 Å². The van der Waals surface area contributed by atoms with E-state index in [1.807, 2.05) is 36.4 Å². The summed E-state index contributed by atoms with van der Waals surface area (Å²) in [5, 5.41) is 1.48. The molecule has 1 aromatic heterocycles. The summed E-state index contributed by atoms with van der Waals surface area (Å²) in [6.07, 6.45) is 6.22. The van der Waals surface area contributed by atoms with Crippen LogP contribution in [0.1, 0.15) is 43.6 Å². The maximum Gasteiger partial charge on any atom is 0.200 e. The molecule has 0 amide bonds. The summed E-state index contributed by atoms with van der Waals surface area (Å²) < 4.78 is 5.96. The second kappa shape index (κ2) is 5.03. The van der Waals surface area contributed by atoms with Crippen LogP contribution in [0, 0.1) is 0 Å². The van der Waals surface area contributed by atoms with Crippen molar-refractivity contribution < 1.29 is 4.42 Å². The maximum absolute atomic E-state index is 12.9. The molecule has 1 fully saturated rings. The van der Waals surface area contributed by atoms with E-state index in [0.29, 0.717) is 16.9 Å². The van der Waals surface area contributed by atoms with Crippen molar-refractivity contribution in [2.45, 2.75) is 38.0 Å². The molecule has 0 radical (unpaired) electrons. The summed E-state index contributed by atoms with van der Waals surface area (Å²) in [6.45, 7) is 0. The molecular weight excluding hydrogens is 260 g/mol. The van der Waals surface area contributed by atoms with Gasteiger partial charge < -0.3 is 4.42 Å². The SMILES string of the molecule is O=c1c2ccccc2oc2cccc(C3CCCCC3)c12. The zero-order valence-corrected chi connectivity index (χ0v) is 12.0. The van der Waals surface area contributed by atoms with Crippen molar-refractivity contribution in [1.82, 2.24) is 0 Å². The standard InChI is InChI=1S/C19H18O2/c20-19-15-9-4-5-11-16(15)21-17-12-6-10-14(18(17)19)13-7-2-1-3-8-13/h4-6,9-13H,1-3,7-8H2. The van der Waals surface area contributed by atoms with E-state index < -0.39 is 0 Å². The molecule has 106 valence electrons. The van der Waals surface area contributed by atoms with E-state index in [2.05, 4.69) is 6.07 Å². The predicted octanol–water partition coefficient (Wildman–Crippen LogP) is 4.99. The van der Waals surface area contributed by atoms with Gasteiger partial charge in [0.15, 0.2) is 0 Å². The van der Waals surface area contributed by atoms with E-state index >= 15 is 0 Å². The molecule has 0 spiro atoms. The van der Waals surface area contributed by atoms with Crippen molar-refractivity contribution in [3.05, 3.63) is 58.3 Å². The lowest BCUT2D eigenvalue weighted by molar-refractivity contribution is 0.445. The molecule has 0 N–H and O–H groups in total. The second-order valence-electron chi connectivity index (χ2n) is 5.98. The van der Waals surface area contributed by atoms with Crippen molar-refractivity contribution >= 4 is 21.9 Å². The number of fused-ring (bicyclic) bond motifs is 2. The van der Waals surface area contributed by atoms with Gasteiger partial charge in [0.1, 0.15) is 11.2 Å². The van der Waals surface area contributed by atoms with Crippen molar-refractivity contribution in [2.24, 2.45) is 0 Å². The number of para-hydroxylation sites is 1. The van der Waals surface area contributed by atoms with Gasteiger partial charge in [0, 0.05) is 0 Å². The number of benzene rings is 2. The minimum absolute atomic E-state index is 0.119. The molecule has 21 heavy (non-hydrogen) atoms. The minimum Gasteiger partial charge on any atom is -0.456 e. The third-order valence-corrected chi connectivity index (χ3v) is 4.68. The Labute approximate surface area is 123 Å². The van der Waals surface area contributed by atoms with E-state index in [1.165, 1.54) is 37.7 Å². The van der Waals surface area contributed by atoms with Gasteiger partial charge in [0.2, 0.25) is 5.43 Å². The van der Waals surface area contributed by atoms with E-state index in [1.54, 1.807) is 0 Å². The zero-order valence-electron chi connectivity index (χ0n) is 12.0. The molecule has 0 bridgehead atoms. The third-order valence-electron chi connectivity index (χ3n) is 4.68. The molecule has 0 unspecified atom stereocenters. The van der Waals surface area contributed by atoms with Crippen LogP contribution in [0.3, 0.4) is 0 Å². The van der Waals surface area contributed by atoms with E-state index in [9.17, 15) is 4.79 Å². The molecule has 0 aliphatic heterocycles. The summed E-state index contributed by atoms with van der Waals surface area (Å²) in [5.41, 5.74) is 2.71. The minimum atomic E-state index is 0.119. The Bertz CT molecular complexity index is 854. The van der Waals surface area contributed by atoms with Crippen LogP contribution in [0.2, 0.25) is 0 Å². The summed E-state index contributed by atoms with van der Waals surface area (Å²) in [5.74, 6) is 0.506. The van der Waals surface area contributed by atoms with Gasteiger partial charge in [-0.3, -0.25) is 4.79 Å². The van der Waals surface area contributed by atoms with Crippen LogP contribution in [-0.2, 0) is 0 Å². The molecule has 4 rings (SSSR count). The largest absolute Gasteiger partial charge is 0.456 e. The Kier molecular flexibility index (Phi) is 3.03. The summed E-state index contributed by atoms with van der Waals surface area (Å²) in [7, 11) is 0. The van der Waals surface area contributed by atoms with Crippen LogP contribution in [0.15, 0.2) is 51.7 Å². The Morgan fingerprint density at radius 1 is 0.857 bits per heavy atom. The van der Waals surface area contributed by atoms with Crippen LogP contribution < -0.4 is 5.43 Å². The Morgan fingerprint density at radius 3 is 2.48 bits per heavy atom. The number of rotatable bonds is 1. The highest BCUT2D eigenvalue weighted by Gasteiger charge is 2.20. The van der Waals surface area contributed by atoms with Crippen LogP contribution in [-0.4, -0.2) is 0 Å². The molecule has 2 aromatic carbocycles. The first-order valence-electron chi connectivity index (χ1n) is 7.79. The van der Waals surface area contributed by atoms with Crippen molar-refractivity contribution in [2.75, 3.05) is 0 Å². The van der Waals surface area contributed by atoms with E-state index in [0.717, 1.165) is 11.0 Å². The van der Waals surface area contributed by atoms with Crippen LogP contribution in [0.5, 0.6) is 0 Å². The average molecular weight is 278 g/mol. The number of hydrogen-bond acceptors (Lipinski definition) is 2. The van der Waals surface area contributed by atoms with Crippen LogP contribution >= 0.6 is 0 Å². The summed E-state index contributed by atoms with van der Waals surface area (Å²) in [4.78, 5) is 12.9. The smallest absolute Gasteiger partial charge is 0.200 e. The van der Waals surface area contributed by atoms with Crippen LogP contribution in [0.25, 0.3) is 21.9 Å². The maximum atomic E-state index is 12.9. The normalized spacial score (nSPS) is 16.6. The molecule has 1 saturated carbocycles. The molecule has 3 aromatic rings. The molecular formula is C19H18O2. The van der Waals surface area contributed by atoms with E-state index in [-0.39, 0.29) is 5.43 Å². The number of hydrogen-bond donors (Lipinski definition) is 0. The molecule has 0 atom stereocenters. The third kappa shape index (κ3) is 2.06. The highest BCUT2D eigenvalue weighted by atomic mass is 16.3. The first-order valence-corrected chi connectivity index (χ1v) is 7.79. The van der Waals surface area contributed by atoms with Gasteiger partial charge in [-0.05, 0) is 42.5 Å². The Morgan fingerprint density at radius 2 is 1.62 bits per heavy atom. The van der Waals surface area contributed by atoms with Crippen molar-refractivity contribution in [3.8, 4) is 0 Å². The second-order valence-corrected chi connectivity index (χ2v) is 5.98. The fourth-order valence-electron chi connectivity index (χ4n) is 3.63. The van der Waals surface area contributed by atoms with Gasteiger partial charge in [0.05, 0.1) is 10.8 Å². The summed E-state index contributed by atoms with van der Waals surface area (Å²) in [6, 6.07) is 13.6. The molecule has 1 aliphatic carbocycles. The quantitative estimate of drug-likeness (QED) is 0.587. The lowest BCUT2D eigenvalue weighted by Gasteiger charge is -2.22.